The molecule has 0 saturated carbocycles. The molecule has 0 unspecified atom stereocenters. The smallest absolute Gasteiger partial charge is 0.331 e. The Bertz CT molecular complexity index is 769. The summed E-state index contributed by atoms with van der Waals surface area (Å²) in [5.41, 5.74) is 4.49. The third-order valence-electron chi connectivity index (χ3n) is 4.01. The van der Waals surface area contributed by atoms with Crippen LogP contribution in [0.1, 0.15) is 32.9 Å². The highest BCUT2D eigenvalue weighted by atomic mass is 16.5. The van der Waals surface area contributed by atoms with Gasteiger partial charge in [-0.1, -0.05) is 24.3 Å². The van der Waals surface area contributed by atoms with Gasteiger partial charge in [0.05, 0.1) is 0 Å². The standard InChI is InChI=1S/C19H21NO3/c1-13-7-5-6-8-16(13)9-10-19(22)23-12-18(21)17-11-14(2)20(4)15(17)3/h5-11H,12H2,1-4H3/b10-9+. The fourth-order valence-electron chi connectivity index (χ4n) is 2.33. The molecule has 0 N–H and O–H groups in total. The maximum absolute atomic E-state index is 12.1. The summed E-state index contributed by atoms with van der Waals surface area (Å²) in [4.78, 5) is 23.9. The summed E-state index contributed by atoms with van der Waals surface area (Å²) in [7, 11) is 1.90. The zero-order valence-electron chi connectivity index (χ0n) is 13.9. The molecule has 120 valence electrons. The second kappa shape index (κ2) is 7.09. The van der Waals surface area contributed by atoms with Gasteiger partial charge in [0.15, 0.2) is 6.61 Å². The molecule has 0 amide bonds. The van der Waals surface area contributed by atoms with Gasteiger partial charge in [-0.05, 0) is 44.0 Å². The monoisotopic (exact) mass is 311 g/mol. The van der Waals surface area contributed by atoms with Crippen LogP contribution in [0, 0.1) is 20.8 Å². The zero-order chi connectivity index (χ0) is 17.0. The molecule has 4 heteroatoms. The molecule has 0 spiro atoms. The third kappa shape index (κ3) is 3.97. The number of ether oxygens (including phenoxy) is 1. The largest absolute Gasteiger partial charge is 0.454 e. The number of aryl methyl sites for hydroxylation is 2. The van der Waals surface area contributed by atoms with Crippen LogP contribution in [0.3, 0.4) is 0 Å². The van der Waals surface area contributed by atoms with Crippen LogP contribution in [0.25, 0.3) is 6.08 Å². The van der Waals surface area contributed by atoms with Gasteiger partial charge in [-0.15, -0.1) is 0 Å². The summed E-state index contributed by atoms with van der Waals surface area (Å²) < 4.78 is 6.98. The van der Waals surface area contributed by atoms with Crippen molar-refractivity contribution in [3.05, 3.63) is 64.5 Å². The number of rotatable bonds is 5. The summed E-state index contributed by atoms with van der Waals surface area (Å²) in [5, 5.41) is 0. The average molecular weight is 311 g/mol. The summed E-state index contributed by atoms with van der Waals surface area (Å²) in [6.07, 6.45) is 3.04. The Morgan fingerprint density at radius 3 is 2.48 bits per heavy atom. The summed E-state index contributed by atoms with van der Waals surface area (Å²) in [6.45, 7) is 5.52. The number of esters is 1. The van der Waals surface area contributed by atoms with Crippen LogP contribution >= 0.6 is 0 Å². The van der Waals surface area contributed by atoms with Crippen LogP contribution in [0.4, 0.5) is 0 Å². The first-order chi connectivity index (χ1) is 10.9. The Balaban J connectivity index is 1.95. The molecule has 23 heavy (non-hydrogen) atoms. The highest BCUT2D eigenvalue weighted by Gasteiger charge is 2.15. The van der Waals surface area contributed by atoms with Gasteiger partial charge in [0.1, 0.15) is 0 Å². The Hall–Kier alpha value is -2.62. The number of hydrogen-bond donors (Lipinski definition) is 0. The molecule has 2 rings (SSSR count). The van der Waals surface area contributed by atoms with Crippen LogP contribution in [0.15, 0.2) is 36.4 Å². The van der Waals surface area contributed by atoms with Crippen LogP contribution in [-0.4, -0.2) is 22.9 Å². The number of carbonyl (C=O) groups excluding carboxylic acids is 2. The van der Waals surface area contributed by atoms with E-state index < -0.39 is 5.97 Å². The van der Waals surface area contributed by atoms with E-state index in [1.54, 1.807) is 6.08 Å². The van der Waals surface area contributed by atoms with Crippen molar-refractivity contribution in [3.8, 4) is 0 Å². The molecule has 4 nitrogen and oxygen atoms in total. The molecular weight excluding hydrogens is 290 g/mol. The van der Waals surface area contributed by atoms with Crippen molar-refractivity contribution in [2.24, 2.45) is 7.05 Å². The summed E-state index contributed by atoms with van der Waals surface area (Å²) >= 11 is 0. The lowest BCUT2D eigenvalue weighted by Crippen LogP contribution is -2.13. The lowest BCUT2D eigenvalue weighted by Gasteiger charge is -2.03. The molecule has 1 aromatic heterocycles. The fourth-order valence-corrected chi connectivity index (χ4v) is 2.33. The van der Waals surface area contributed by atoms with E-state index in [2.05, 4.69) is 0 Å². The van der Waals surface area contributed by atoms with E-state index in [1.807, 2.05) is 62.7 Å². The number of benzene rings is 1. The van der Waals surface area contributed by atoms with Crippen LogP contribution in [-0.2, 0) is 16.6 Å². The topological polar surface area (TPSA) is 48.3 Å². The number of nitrogens with zero attached hydrogens (tertiary/aromatic N) is 1. The Kier molecular flexibility index (Phi) is 5.16. The van der Waals surface area contributed by atoms with Gasteiger partial charge in [-0.25, -0.2) is 4.79 Å². The SMILES string of the molecule is Cc1ccccc1/C=C/C(=O)OCC(=O)c1cc(C)n(C)c1C. The van der Waals surface area contributed by atoms with Gasteiger partial charge in [0.25, 0.3) is 0 Å². The molecule has 2 aromatic rings. The van der Waals surface area contributed by atoms with Crippen molar-refractivity contribution in [3.63, 3.8) is 0 Å². The van der Waals surface area contributed by atoms with E-state index in [0.29, 0.717) is 5.56 Å². The second-order valence-electron chi connectivity index (χ2n) is 5.56. The summed E-state index contributed by atoms with van der Waals surface area (Å²) in [5.74, 6) is -0.712. The zero-order valence-corrected chi connectivity index (χ0v) is 13.9. The Morgan fingerprint density at radius 2 is 1.87 bits per heavy atom. The number of aromatic nitrogens is 1. The van der Waals surface area contributed by atoms with Crippen molar-refractivity contribution in [1.29, 1.82) is 0 Å². The Labute approximate surface area is 136 Å². The quantitative estimate of drug-likeness (QED) is 0.483. The van der Waals surface area contributed by atoms with Gasteiger partial charge >= 0.3 is 5.97 Å². The molecule has 0 bridgehead atoms. The van der Waals surface area contributed by atoms with Gasteiger partial charge in [0, 0.05) is 30.1 Å². The van der Waals surface area contributed by atoms with Gasteiger partial charge in [-0.3, -0.25) is 4.79 Å². The minimum absolute atomic E-state index is 0.191. The molecule has 0 aliphatic rings. The lowest BCUT2D eigenvalue weighted by molar-refractivity contribution is -0.136. The fraction of sp³-hybridized carbons (Fsp3) is 0.263. The van der Waals surface area contributed by atoms with E-state index in [-0.39, 0.29) is 12.4 Å². The molecular formula is C19H21NO3. The molecule has 0 atom stereocenters. The first-order valence-corrected chi connectivity index (χ1v) is 7.46. The Morgan fingerprint density at radius 1 is 1.17 bits per heavy atom. The number of Topliss-reactive ketones (excluding diaryl/α,β-unsaturated/α-hetero) is 1. The van der Waals surface area contributed by atoms with Gasteiger partial charge in [-0.2, -0.15) is 0 Å². The van der Waals surface area contributed by atoms with Crippen LogP contribution in [0.2, 0.25) is 0 Å². The number of carbonyl (C=O) groups is 2. The number of ketones is 1. The second-order valence-corrected chi connectivity index (χ2v) is 5.56. The van der Waals surface area contributed by atoms with Gasteiger partial charge in [0.2, 0.25) is 5.78 Å². The van der Waals surface area contributed by atoms with E-state index in [4.69, 9.17) is 4.74 Å². The van der Waals surface area contributed by atoms with Crippen LogP contribution in [0.5, 0.6) is 0 Å². The van der Waals surface area contributed by atoms with E-state index >= 15 is 0 Å². The molecule has 1 heterocycles. The van der Waals surface area contributed by atoms with Crippen molar-refractivity contribution < 1.29 is 14.3 Å². The lowest BCUT2D eigenvalue weighted by atomic mass is 10.1. The molecule has 0 radical (unpaired) electrons. The highest BCUT2D eigenvalue weighted by Crippen LogP contribution is 2.14. The predicted octanol–water partition coefficient (Wildman–Crippen LogP) is 3.39. The van der Waals surface area contributed by atoms with E-state index in [9.17, 15) is 9.59 Å². The first kappa shape index (κ1) is 16.7. The van der Waals surface area contributed by atoms with Crippen molar-refractivity contribution in [2.45, 2.75) is 20.8 Å². The molecule has 0 aliphatic heterocycles. The molecule has 0 aliphatic carbocycles. The van der Waals surface area contributed by atoms with Crippen molar-refractivity contribution >= 4 is 17.8 Å². The molecule has 0 fully saturated rings. The first-order valence-electron chi connectivity index (χ1n) is 7.46. The molecule has 0 saturated heterocycles. The normalized spacial score (nSPS) is 11.0. The predicted molar refractivity (Wildman–Crippen MR) is 90.4 cm³/mol. The minimum Gasteiger partial charge on any atom is -0.454 e. The van der Waals surface area contributed by atoms with Crippen LogP contribution < -0.4 is 0 Å². The number of hydrogen-bond acceptors (Lipinski definition) is 3. The van der Waals surface area contributed by atoms with E-state index in [1.165, 1.54) is 6.08 Å². The maximum Gasteiger partial charge on any atom is 0.331 e. The minimum atomic E-state index is -0.521. The van der Waals surface area contributed by atoms with E-state index in [0.717, 1.165) is 22.5 Å². The average Bonchev–Trinajstić information content (AvgIpc) is 2.79. The maximum atomic E-state index is 12.1. The van der Waals surface area contributed by atoms with Crippen molar-refractivity contribution in [1.82, 2.24) is 4.57 Å². The van der Waals surface area contributed by atoms with Crippen molar-refractivity contribution in [2.75, 3.05) is 6.61 Å². The highest BCUT2D eigenvalue weighted by molar-refractivity contribution is 6.00. The van der Waals surface area contributed by atoms with Gasteiger partial charge < -0.3 is 9.30 Å². The third-order valence-corrected chi connectivity index (χ3v) is 4.01. The summed E-state index contributed by atoms with van der Waals surface area (Å²) in [6, 6.07) is 9.54. The molecule has 1 aromatic carbocycles.